The average Bonchev–Trinajstić information content (AvgIpc) is 3.25. The maximum atomic E-state index is 9.97. The molecule has 21 heavy (non-hydrogen) atoms. The van der Waals surface area contributed by atoms with Gasteiger partial charge in [0.1, 0.15) is 5.76 Å². The van der Waals surface area contributed by atoms with Crippen molar-refractivity contribution < 1.29 is 9.52 Å². The molecule has 1 fully saturated rings. The Balaban J connectivity index is 1.77. The zero-order chi connectivity index (χ0) is 14.7. The number of aliphatic hydroxyl groups is 1. The molecular weight excluding hydrogens is 262 g/mol. The first-order chi connectivity index (χ1) is 10.2. The van der Waals surface area contributed by atoms with E-state index in [0.29, 0.717) is 6.04 Å². The Bertz CT molecular complexity index is 548. The Morgan fingerprint density at radius 1 is 1.19 bits per heavy atom. The summed E-state index contributed by atoms with van der Waals surface area (Å²) in [5.74, 6) is 0.996. The summed E-state index contributed by atoms with van der Waals surface area (Å²) in [5.41, 5.74) is 0.953. The fourth-order valence-electron chi connectivity index (χ4n) is 2.88. The second-order valence-corrected chi connectivity index (χ2v) is 6.30. The van der Waals surface area contributed by atoms with Crippen molar-refractivity contribution in [3.63, 3.8) is 0 Å². The van der Waals surface area contributed by atoms with Crippen molar-refractivity contribution >= 4 is 0 Å². The van der Waals surface area contributed by atoms with Crippen molar-refractivity contribution in [3.8, 4) is 0 Å². The van der Waals surface area contributed by atoms with E-state index >= 15 is 0 Å². The van der Waals surface area contributed by atoms with Crippen molar-refractivity contribution in [3.05, 3.63) is 60.1 Å². The molecule has 3 rings (SSSR count). The van der Waals surface area contributed by atoms with Crippen LogP contribution in [0.2, 0.25) is 0 Å². The van der Waals surface area contributed by atoms with E-state index in [1.807, 2.05) is 30.3 Å². The van der Waals surface area contributed by atoms with Crippen LogP contribution in [0.15, 0.2) is 53.1 Å². The predicted molar refractivity (Wildman–Crippen MR) is 83.0 cm³/mol. The summed E-state index contributed by atoms with van der Waals surface area (Å²) in [7, 11) is 0. The van der Waals surface area contributed by atoms with Crippen molar-refractivity contribution in [1.29, 1.82) is 0 Å². The number of benzene rings is 1. The van der Waals surface area contributed by atoms with Crippen LogP contribution in [0.4, 0.5) is 0 Å². The Morgan fingerprint density at radius 3 is 2.52 bits per heavy atom. The lowest BCUT2D eigenvalue weighted by Crippen LogP contribution is -2.42. The van der Waals surface area contributed by atoms with E-state index in [9.17, 15) is 5.11 Å². The molecule has 1 atom stereocenters. The Hall–Kier alpha value is -1.58. The van der Waals surface area contributed by atoms with E-state index in [2.05, 4.69) is 24.0 Å². The monoisotopic (exact) mass is 285 g/mol. The zero-order valence-electron chi connectivity index (χ0n) is 12.5. The van der Waals surface area contributed by atoms with Crippen molar-refractivity contribution in [2.75, 3.05) is 13.2 Å². The first-order valence-electron chi connectivity index (χ1n) is 7.64. The molecule has 3 nitrogen and oxygen atoms in total. The lowest BCUT2D eigenvalue weighted by atomic mass is 9.82. The highest BCUT2D eigenvalue weighted by molar-refractivity contribution is 5.25. The van der Waals surface area contributed by atoms with Gasteiger partial charge in [0.2, 0.25) is 0 Å². The standard InChI is InChI=1S/C18H23NO2/c1-18(14-20,15-6-3-2-4-7-15)13-19(16-9-10-16)12-17-8-5-11-21-17/h2-8,11,16,20H,9-10,12-14H2,1H3. The first kappa shape index (κ1) is 14.4. The molecule has 1 aromatic heterocycles. The summed E-state index contributed by atoms with van der Waals surface area (Å²) in [6, 6.07) is 14.9. The van der Waals surface area contributed by atoms with Crippen LogP contribution in [0.25, 0.3) is 0 Å². The normalized spacial score (nSPS) is 17.9. The number of hydrogen-bond acceptors (Lipinski definition) is 3. The smallest absolute Gasteiger partial charge is 0.117 e. The van der Waals surface area contributed by atoms with E-state index in [1.165, 1.54) is 18.4 Å². The SMILES string of the molecule is CC(CO)(CN(Cc1ccco1)C1CC1)c1ccccc1. The number of aliphatic hydroxyl groups excluding tert-OH is 1. The Morgan fingerprint density at radius 2 is 1.95 bits per heavy atom. The Kier molecular flexibility index (Phi) is 4.13. The molecule has 3 heteroatoms. The maximum Gasteiger partial charge on any atom is 0.117 e. The van der Waals surface area contributed by atoms with Crippen molar-refractivity contribution in [2.45, 2.75) is 37.8 Å². The molecule has 0 amide bonds. The number of rotatable bonds is 7. The summed E-state index contributed by atoms with van der Waals surface area (Å²) >= 11 is 0. The molecule has 0 aliphatic heterocycles. The van der Waals surface area contributed by atoms with Gasteiger partial charge in [-0.25, -0.2) is 0 Å². The van der Waals surface area contributed by atoms with Crippen molar-refractivity contribution in [2.24, 2.45) is 0 Å². The van der Waals surface area contributed by atoms with Crippen LogP contribution in [0, 0.1) is 0 Å². The highest BCUT2D eigenvalue weighted by atomic mass is 16.3. The number of furan rings is 1. The molecule has 1 aliphatic rings. The van der Waals surface area contributed by atoms with Crippen LogP contribution in [0.5, 0.6) is 0 Å². The molecule has 1 aromatic carbocycles. The summed E-state index contributed by atoms with van der Waals surface area (Å²) in [6.45, 7) is 3.96. The molecule has 1 heterocycles. The summed E-state index contributed by atoms with van der Waals surface area (Å²) < 4.78 is 5.49. The largest absolute Gasteiger partial charge is 0.468 e. The van der Waals surface area contributed by atoms with Gasteiger partial charge in [0.05, 0.1) is 19.4 Å². The van der Waals surface area contributed by atoms with Gasteiger partial charge in [-0.15, -0.1) is 0 Å². The highest BCUT2D eigenvalue weighted by Crippen LogP contribution is 2.33. The van der Waals surface area contributed by atoms with Gasteiger partial charge >= 0.3 is 0 Å². The second-order valence-electron chi connectivity index (χ2n) is 6.30. The van der Waals surface area contributed by atoms with Crippen LogP contribution in [0.1, 0.15) is 31.1 Å². The topological polar surface area (TPSA) is 36.6 Å². The minimum absolute atomic E-state index is 0.151. The fourth-order valence-corrected chi connectivity index (χ4v) is 2.88. The Labute approximate surface area is 126 Å². The molecule has 2 aromatic rings. The number of hydrogen-bond donors (Lipinski definition) is 1. The number of nitrogens with zero attached hydrogens (tertiary/aromatic N) is 1. The average molecular weight is 285 g/mol. The van der Waals surface area contributed by atoms with E-state index < -0.39 is 0 Å². The van der Waals surface area contributed by atoms with Gasteiger partial charge in [-0.2, -0.15) is 0 Å². The third-order valence-corrected chi connectivity index (χ3v) is 4.37. The van der Waals surface area contributed by atoms with Crippen LogP contribution in [-0.2, 0) is 12.0 Å². The third-order valence-electron chi connectivity index (χ3n) is 4.37. The van der Waals surface area contributed by atoms with E-state index in [0.717, 1.165) is 18.8 Å². The van der Waals surface area contributed by atoms with Gasteiger partial charge < -0.3 is 9.52 Å². The van der Waals surface area contributed by atoms with Gasteiger partial charge in [-0.05, 0) is 30.5 Å². The van der Waals surface area contributed by atoms with E-state index in [1.54, 1.807) is 6.26 Å². The molecule has 1 unspecified atom stereocenters. The fraction of sp³-hybridized carbons (Fsp3) is 0.444. The van der Waals surface area contributed by atoms with Crippen LogP contribution < -0.4 is 0 Å². The molecule has 0 saturated heterocycles. The minimum Gasteiger partial charge on any atom is -0.468 e. The predicted octanol–water partition coefficient (Wildman–Crippen LogP) is 3.19. The summed E-state index contributed by atoms with van der Waals surface area (Å²) in [5, 5.41) is 9.97. The minimum atomic E-state index is -0.240. The maximum absolute atomic E-state index is 9.97. The van der Waals surface area contributed by atoms with Crippen molar-refractivity contribution in [1.82, 2.24) is 4.90 Å². The molecule has 112 valence electrons. The zero-order valence-corrected chi connectivity index (χ0v) is 12.5. The lowest BCUT2D eigenvalue weighted by Gasteiger charge is -2.34. The quantitative estimate of drug-likeness (QED) is 0.848. The van der Waals surface area contributed by atoms with Crippen LogP contribution in [-0.4, -0.2) is 29.2 Å². The van der Waals surface area contributed by atoms with Gasteiger partial charge in [0, 0.05) is 18.0 Å². The molecule has 1 N–H and O–H groups in total. The first-order valence-corrected chi connectivity index (χ1v) is 7.64. The summed E-state index contributed by atoms with van der Waals surface area (Å²) in [6.07, 6.45) is 4.22. The molecule has 1 saturated carbocycles. The second kappa shape index (κ2) is 6.04. The highest BCUT2D eigenvalue weighted by Gasteiger charge is 2.36. The van der Waals surface area contributed by atoms with Gasteiger partial charge in [0.15, 0.2) is 0 Å². The van der Waals surface area contributed by atoms with Gasteiger partial charge in [-0.1, -0.05) is 37.3 Å². The molecule has 0 bridgehead atoms. The summed E-state index contributed by atoms with van der Waals surface area (Å²) in [4.78, 5) is 2.45. The molecule has 0 spiro atoms. The third kappa shape index (κ3) is 3.36. The van der Waals surface area contributed by atoms with Gasteiger partial charge in [-0.3, -0.25) is 4.90 Å². The molecule has 1 aliphatic carbocycles. The van der Waals surface area contributed by atoms with Gasteiger partial charge in [0.25, 0.3) is 0 Å². The van der Waals surface area contributed by atoms with E-state index in [4.69, 9.17) is 4.42 Å². The molecule has 0 radical (unpaired) electrons. The lowest BCUT2D eigenvalue weighted by molar-refractivity contribution is 0.129. The van der Waals surface area contributed by atoms with Crippen LogP contribution >= 0.6 is 0 Å². The van der Waals surface area contributed by atoms with E-state index in [-0.39, 0.29) is 12.0 Å². The van der Waals surface area contributed by atoms with Crippen LogP contribution in [0.3, 0.4) is 0 Å². The molecular formula is C18H23NO2.